The van der Waals surface area contributed by atoms with Gasteiger partial charge in [0, 0.05) is 6.07 Å². The lowest BCUT2D eigenvalue weighted by atomic mass is 10.4. The van der Waals surface area contributed by atoms with Crippen LogP contribution in [-0.4, -0.2) is 20.1 Å². The van der Waals surface area contributed by atoms with Gasteiger partial charge in [-0.1, -0.05) is 5.16 Å². The highest BCUT2D eigenvalue weighted by molar-refractivity contribution is 5.44. The van der Waals surface area contributed by atoms with Gasteiger partial charge >= 0.3 is 6.18 Å². The number of nitrogens with one attached hydrogen (secondary N) is 1. The van der Waals surface area contributed by atoms with Crippen molar-refractivity contribution in [2.24, 2.45) is 0 Å². The van der Waals surface area contributed by atoms with E-state index in [1.54, 1.807) is 6.92 Å². The molecule has 0 unspecified atom stereocenters. The molecule has 0 amide bonds. The van der Waals surface area contributed by atoms with E-state index < -0.39 is 12.0 Å². The van der Waals surface area contributed by atoms with Gasteiger partial charge in [-0.25, -0.2) is 9.97 Å². The minimum absolute atomic E-state index is 0.0363. The Labute approximate surface area is 105 Å². The van der Waals surface area contributed by atoms with Crippen molar-refractivity contribution < 1.29 is 17.7 Å². The van der Waals surface area contributed by atoms with E-state index in [9.17, 15) is 13.2 Å². The number of nitrogens with two attached hydrogens (primary N) is 1. The van der Waals surface area contributed by atoms with Crippen LogP contribution in [0.5, 0.6) is 0 Å². The van der Waals surface area contributed by atoms with Gasteiger partial charge in [0.2, 0.25) is 11.7 Å². The van der Waals surface area contributed by atoms with Crippen molar-refractivity contribution in [2.45, 2.75) is 19.6 Å². The zero-order valence-electron chi connectivity index (χ0n) is 9.69. The van der Waals surface area contributed by atoms with Crippen LogP contribution in [0.1, 0.15) is 17.5 Å². The number of anilines is 2. The van der Waals surface area contributed by atoms with E-state index in [4.69, 9.17) is 10.3 Å². The predicted molar refractivity (Wildman–Crippen MR) is 57.8 cm³/mol. The van der Waals surface area contributed by atoms with Gasteiger partial charge in [0.1, 0.15) is 11.6 Å². The largest absolute Gasteiger partial charge is 0.451 e. The normalized spacial score (nSPS) is 11.6. The van der Waals surface area contributed by atoms with E-state index in [2.05, 4.69) is 25.4 Å². The summed E-state index contributed by atoms with van der Waals surface area (Å²) in [4.78, 5) is 10.3. The Morgan fingerprint density at radius 2 is 2.05 bits per heavy atom. The molecule has 102 valence electrons. The molecular formula is C9H9F3N6O. The molecule has 0 atom stereocenters. The molecule has 19 heavy (non-hydrogen) atoms. The van der Waals surface area contributed by atoms with E-state index in [1.807, 2.05) is 0 Å². The molecule has 10 heteroatoms. The van der Waals surface area contributed by atoms with E-state index in [-0.39, 0.29) is 24.1 Å². The number of hydrogen-bond acceptors (Lipinski definition) is 7. The molecule has 0 aromatic carbocycles. The Hall–Kier alpha value is -2.39. The number of aryl methyl sites for hydroxylation is 1. The van der Waals surface area contributed by atoms with Crippen molar-refractivity contribution in [1.82, 2.24) is 20.1 Å². The molecule has 2 aromatic rings. The molecule has 0 fully saturated rings. The summed E-state index contributed by atoms with van der Waals surface area (Å²) in [6.45, 7) is 1.66. The summed E-state index contributed by atoms with van der Waals surface area (Å²) in [5.74, 6) is -1.02. The predicted octanol–water partition coefficient (Wildman–Crippen LogP) is 1.38. The van der Waals surface area contributed by atoms with Gasteiger partial charge < -0.3 is 15.6 Å². The van der Waals surface area contributed by atoms with Crippen LogP contribution in [0.15, 0.2) is 10.6 Å². The first-order chi connectivity index (χ1) is 8.84. The van der Waals surface area contributed by atoms with Gasteiger partial charge in [0.25, 0.3) is 0 Å². The summed E-state index contributed by atoms with van der Waals surface area (Å²) < 4.78 is 42.2. The second-order valence-electron chi connectivity index (χ2n) is 3.59. The molecule has 3 N–H and O–H groups in total. The average molecular weight is 274 g/mol. The summed E-state index contributed by atoms with van der Waals surface area (Å²) in [5.41, 5.74) is 5.29. The number of nitrogen functional groups attached to an aromatic ring is 1. The summed E-state index contributed by atoms with van der Waals surface area (Å²) in [6.07, 6.45) is -4.66. The molecule has 2 rings (SSSR count). The molecule has 0 bridgehead atoms. The fourth-order valence-corrected chi connectivity index (χ4v) is 1.26. The van der Waals surface area contributed by atoms with Crippen LogP contribution >= 0.6 is 0 Å². The maximum atomic E-state index is 12.5. The lowest BCUT2D eigenvalue weighted by Gasteiger charge is -2.08. The third kappa shape index (κ3) is 3.30. The first-order valence-electron chi connectivity index (χ1n) is 5.09. The van der Waals surface area contributed by atoms with Crippen LogP contribution in [0.3, 0.4) is 0 Å². The van der Waals surface area contributed by atoms with Crippen molar-refractivity contribution >= 4 is 11.6 Å². The minimum atomic E-state index is -4.66. The van der Waals surface area contributed by atoms with Crippen LogP contribution in [0.2, 0.25) is 0 Å². The number of hydrogen-bond donors (Lipinski definition) is 2. The Kier molecular flexibility index (Phi) is 3.23. The smallest absolute Gasteiger partial charge is 0.384 e. The molecule has 0 spiro atoms. The summed E-state index contributed by atoms with van der Waals surface area (Å²) in [6, 6.07) is 1.18. The third-order valence-electron chi connectivity index (χ3n) is 1.99. The molecule has 2 aromatic heterocycles. The molecule has 0 radical (unpaired) electrons. The van der Waals surface area contributed by atoms with E-state index in [0.29, 0.717) is 5.82 Å². The average Bonchev–Trinajstić information content (AvgIpc) is 2.71. The van der Waals surface area contributed by atoms with Gasteiger partial charge in [-0.3, -0.25) is 0 Å². The molecule has 7 nitrogen and oxygen atoms in total. The molecule has 0 saturated heterocycles. The van der Waals surface area contributed by atoms with Gasteiger partial charge in [0.05, 0.1) is 6.54 Å². The Balaban J connectivity index is 2.14. The van der Waals surface area contributed by atoms with E-state index in [0.717, 1.165) is 0 Å². The molecule has 0 saturated carbocycles. The molecule has 0 aliphatic rings. The quantitative estimate of drug-likeness (QED) is 0.871. The number of aromatic nitrogens is 4. The third-order valence-corrected chi connectivity index (χ3v) is 1.99. The highest BCUT2D eigenvalue weighted by Gasteiger charge is 2.35. The van der Waals surface area contributed by atoms with Crippen molar-refractivity contribution in [3.63, 3.8) is 0 Å². The lowest BCUT2D eigenvalue weighted by Crippen LogP contribution is -2.14. The Morgan fingerprint density at radius 3 is 2.63 bits per heavy atom. The first kappa shape index (κ1) is 13.1. The maximum absolute atomic E-state index is 12.5. The molecule has 0 aliphatic carbocycles. The summed E-state index contributed by atoms with van der Waals surface area (Å²) >= 11 is 0. The standard InChI is InChI=1S/C9H9F3N6O/c1-4-15-7(19-18-4)3-14-6-2-5(13)16-8(17-6)9(10,11)12/h2H,3H2,1H3,(H3,13,14,16,17). The maximum Gasteiger partial charge on any atom is 0.451 e. The first-order valence-corrected chi connectivity index (χ1v) is 5.09. The van der Waals surface area contributed by atoms with Crippen LogP contribution < -0.4 is 11.1 Å². The second kappa shape index (κ2) is 4.71. The summed E-state index contributed by atoms with van der Waals surface area (Å²) in [5, 5.41) is 6.14. The lowest BCUT2D eigenvalue weighted by molar-refractivity contribution is -0.144. The SMILES string of the molecule is Cc1noc(CNc2cc(N)nc(C(F)(F)F)n2)n1. The zero-order valence-corrected chi connectivity index (χ0v) is 9.69. The highest BCUT2D eigenvalue weighted by Crippen LogP contribution is 2.27. The van der Waals surface area contributed by atoms with Crippen LogP contribution in [-0.2, 0) is 12.7 Å². The van der Waals surface area contributed by atoms with Gasteiger partial charge in [0.15, 0.2) is 5.82 Å². The number of halogens is 3. The van der Waals surface area contributed by atoms with Gasteiger partial charge in [-0.05, 0) is 6.92 Å². The topological polar surface area (TPSA) is 103 Å². The van der Waals surface area contributed by atoms with E-state index in [1.165, 1.54) is 6.07 Å². The van der Waals surface area contributed by atoms with Crippen molar-refractivity contribution in [2.75, 3.05) is 11.1 Å². The van der Waals surface area contributed by atoms with Gasteiger partial charge in [-0.2, -0.15) is 18.2 Å². The number of alkyl halides is 3. The zero-order chi connectivity index (χ0) is 14.0. The molecule has 0 aliphatic heterocycles. The van der Waals surface area contributed by atoms with Crippen molar-refractivity contribution in [1.29, 1.82) is 0 Å². The van der Waals surface area contributed by atoms with E-state index >= 15 is 0 Å². The Morgan fingerprint density at radius 1 is 1.32 bits per heavy atom. The van der Waals surface area contributed by atoms with Crippen molar-refractivity contribution in [3.05, 3.63) is 23.6 Å². The molecule has 2 heterocycles. The highest BCUT2D eigenvalue weighted by atomic mass is 19.4. The van der Waals surface area contributed by atoms with Crippen LogP contribution in [0, 0.1) is 6.92 Å². The number of nitrogens with zero attached hydrogens (tertiary/aromatic N) is 4. The fraction of sp³-hybridized carbons (Fsp3) is 0.333. The van der Waals surface area contributed by atoms with Gasteiger partial charge in [-0.15, -0.1) is 0 Å². The summed E-state index contributed by atoms with van der Waals surface area (Å²) in [7, 11) is 0. The second-order valence-corrected chi connectivity index (χ2v) is 3.59. The fourth-order valence-electron chi connectivity index (χ4n) is 1.26. The number of rotatable bonds is 3. The van der Waals surface area contributed by atoms with Crippen molar-refractivity contribution in [3.8, 4) is 0 Å². The molecular weight excluding hydrogens is 265 g/mol. The monoisotopic (exact) mass is 274 g/mol. The Bertz CT molecular complexity index is 582. The van der Waals surface area contributed by atoms with Crippen LogP contribution in [0.4, 0.5) is 24.8 Å². The van der Waals surface area contributed by atoms with Crippen LogP contribution in [0.25, 0.3) is 0 Å². The minimum Gasteiger partial charge on any atom is -0.384 e.